The Balaban J connectivity index is 1.93. The average Bonchev–Trinajstić information content (AvgIpc) is 2.48. The lowest BCUT2D eigenvalue weighted by Gasteiger charge is -2.20. The molecule has 1 aliphatic carbocycles. The molecule has 5 nitrogen and oxygen atoms in total. The third-order valence-corrected chi connectivity index (χ3v) is 3.73. The molecule has 1 fully saturated rings. The third-order valence-electron chi connectivity index (χ3n) is 3.73. The Labute approximate surface area is 125 Å². The largest absolute Gasteiger partial charge is 0.326 e. The summed E-state index contributed by atoms with van der Waals surface area (Å²) in [6, 6.07) is 7.26. The summed E-state index contributed by atoms with van der Waals surface area (Å²) in [5, 5.41) is 8.53. The van der Waals surface area contributed by atoms with E-state index in [2.05, 4.69) is 16.0 Å². The van der Waals surface area contributed by atoms with Crippen LogP contribution in [-0.4, -0.2) is 25.4 Å². The number of amides is 2. The molecule has 1 aromatic carbocycles. The predicted molar refractivity (Wildman–Crippen MR) is 84.2 cm³/mol. The minimum Gasteiger partial charge on any atom is -0.326 e. The van der Waals surface area contributed by atoms with Gasteiger partial charge in [-0.1, -0.05) is 25.3 Å². The van der Waals surface area contributed by atoms with Gasteiger partial charge < -0.3 is 16.0 Å². The fourth-order valence-corrected chi connectivity index (χ4v) is 2.65. The van der Waals surface area contributed by atoms with Crippen LogP contribution in [0.5, 0.6) is 0 Å². The highest BCUT2D eigenvalue weighted by molar-refractivity contribution is 5.95. The number of benzene rings is 1. The molecule has 1 aromatic rings. The second-order valence-corrected chi connectivity index (χ2v) is 5.48. The van der Waals surface area contributed by atoms with Crippen molar-refractivity contribution < 1.29 is 9.59 Å². The Morgan fingerprint density at radius 2 is 1.76 bits per heavy atom. The zero-order valence-corrected chi connectivity index (χ0v) is 12.4. The van der Waals surface area contributed by atoms with E-state index in [0.717, 1.165) is 31.4 Å². The molecule has 0 atom stereocenters. The Hall–Kier alpha value is -1.88. The van der Waals surface area contributed by atoms with Crippen molar-refractivity contribution in [3.63, 3.8) is 0 Å². The Bertz CT molecular complexity index is 496. The van der Waals surface area contributed by atoms with E-state index in [9.17, 15) is 9.59 Å². The van der Waals surface area contributed by atoms with Gasteiger partial charge in [0.15, 0.2) is 0 Å². The lowest BCUT2D eigenvalue weighted by atomic mass is 9.88. The summed E-state index contributed by atoms with van der Waals surface area (Å²) in [4.78, 5) is 23.7. The number of hydrogen-bond donors (Lipinski definition) is 3. The summed E-state index contributed by atoms with van der Waals surface area (Å²) in [5.74, 6) is 0.114. The maximum atomic E-state index is 12.2. The summed E-state index contributed by atoms with van der Waals surface area (Å²) in [6.07, 6.45) is 5.46. The molecule has 3 N–H and O–H groups in total. The van der Waals surface area contributed by atoms with E-state index in [1.807, 2.05) is 18.2 Å². The van der Waals surface area contributed by atoms with Crippen molar-refractivity contribution >= 4 is 23.2 Å². The van der Waals surface area contributed by atoms with Gasteiger partial charge in [0.25, 0.3) is 0 Å². The van der Waals surface area contributed by atoms with E-state index in [1.54, 1.807) is 13.1 Å². The molecule has 0 unspecified atom stereocenters. The third kappa shape index (κ3) is 4.86. The maximum Gasteiger partial charge on any atom is 0.238 e. The first-order chi connectivity index (χ1) is 10.2. The minimum absolute atomic E-state index is 0.0911. The van der Waals surface area contributed by atoms with Crippen molar-refractivity contribution in [1.29, 1.82) is 0 Å². The van der Waals surface area contributed by atoms with Gasteiger partial charge in [-0.05, 0) is 38.1 Å². The van der Waals surface area contributed by atoms with Crippen molar-refractivity contribution in [2.24, 2.45) is 5.92 Å². The molecule has 5 heteroatoms. The summed E-state index contributed by atoms with van der Waals surface area (Å²) in [7, 11) is 1.72. The smallest absolute Gasteiger partial charge is 0.238 e. The molecule has 1 aliphatic rings. The van der Waals surface area contributed by atoms with E-state index in [0.29, 0.717) is 5.69 Å². The number of likely N-dealkylation sites (N-methyl/N-ethyl adjacent to an activating group) is 1. The van der Waals surface area contributed by atoms with Gasteiger partial charge in [-0.25, -0.2) is 0 Å². The molecule has 0 radical (unpaired) electrons. The van der Waals surface area contributed by atoms with Crippen molar-refractivity contribution in [1.82, 2.24) is 5.32 Å². The molecule has 0 saturated heterocycles. The molecule has 0 heterocycles. The summed E-state index contributed by atoms with van der Waals surface area (Å²) < 4.78 is 0. The van der Waals surface area contributed by atoms with Crippen LogP contribution in [-0.2, 0) is 9.59 Å². The Kier molecular flexibility index (Phi) is 5.75. The number of carbonyl (C=O) groups excluding carboxylic acids is 2. The van der Waals surface area contributed by atoms with Crippen molar-refractivity contribution in [3.8, 4) is 0 Å². The number of anilines is 2. The maximum absolute atomic E-state index is 12.2. The lowest BCUT2D eigenvalue weighted by Crippen LogP contribution is -2.26. The molecule has 2 amide bonds. The second kappa shape index (κ2) is 7.78. The van der Waals surface area contributed by atoms with Crippen LogP contribution < -0.4 is 16.0 Å². The molecular formula is C16H23N3O2. The number of hydrogen-bond acceptors (Lipinski definition) is 3. The fourth-order valence-electron chi connectivity index (χ4n) is 2.65. The van der Waals surface area contributed by atoms with Crippen LogP contribution in [0.1, 0.15) is 32.1 Å². The topological polar surface area (TPSA) is 70.2 Å². The number of rotatable bonds is 5. The van der Waals surface area contributed by atoms with E-state index < -0.39 is 0 Å². The molecule has 114 valence electrons. The number of nitrogens with one attached hydrogen (secondary N) is 3. The predicted octanol–water partition coefficient (Wildman–Crippen LogP) is 2.36. The van der Waals surface area contributed by atoms with Crippen molar-refractivity contribution in [3.05, 3.63) is 24.3 Å². The van der Waals surface area contributed by atoms with Crippen LogP contribution in [0.25, 0.3) is 0 Å². The molecule has 2 rings (SSSR count). The van der Waals surface area contributed by atoms with Crippen molar-refractivity contribution in [2.75, 3.05) is 24.2 Å². The van der Waals surface area contributed by atoms with Gasteiger partial charge in [0.05, 0.1) is 6.54 Å². The normalized spacial score (nSPS) is 15.5. The molecule has 0 bridgehead atoms. The summed E-state index contributed by atoms with van der Waals surface area (Å²) in [6.45, 7) is 0.263. The minimum atomic E-state index is -0.103. The summed E-state index contributed by atoms with van der Waals surface area (Å²) in [5.41, 5.74) is 1.42. The first-order valence-electron chi connectivity index (χ1n) is 7.54. The van der Waals surface area contributed by atoms with E-state index >= 15 is 0 Å². The van der Waals surface area contributed by atoms with Gasteiger partial charge in [-0.3, -0.25) is 9.59 Å². The zero-order chi connectivity index (χ0) is 15.1. The molecule has 21 heavy (non-hydrogen) atoms. The highest BCUT2D eigenvalue weighted by atomic mass is 16.2. The molecule has 0 aliphatic heterocycles. The van der Waals surface area contributed by atoms with Gasteiger partial charge in [0.2, 0.25) is 11.8 Å². The molecule has 0 aromatic heterocycles. The SMILES string of the molecule is CNCC(=O)Nc1cccc(NC(=O)C2CCCCC2)c1. The summed E-state index contributed by atoms with van der Waals surface area (Å²) >= 11 is 0. The highest BCUT2D eigenvalue weighted by Gasteiger charge is 2.21. The van der Waals surface area contributed by atoms with E-state index in [1.165, 1.54) is 6.42 Å². The number of carbonyl (C=O) groups is 2. The monoisotopic (exact) mass is 289 g/mol. The van der Waals surface area contributed by atoms with Crippen LogP contribution in [0, 0.1) is 5.92 Å². The van der Waals surface area contributed by atoms with Gasteiger partial charge >= 0.3 is 0 Å². The van der Waals surface area contributed by atoms with Crippen molar-refractivity contribution in [2.45, 2.75) is 32.1 Å². The van der Waals surface area contributed by atoms with Gasteiger partial charge in [-0.2, -0.15) is 0 Å². The first kappa shape index (κ1) is 15.5. The first-order valence-corrected chi connectivity index (χ1v) is 7.54. The van der Waals surface area contributed by atoms with Gasteiger partial charge in [-0.15, -0.1) is 0 Å². The zero-order valence-electron chi connectivity index (χ0n) is 12.4. The second-order valence-electron chi connectivity index (χ2n) is 5.48. The van der Waals surface area contributed by atoms with Crippen LogP contribution in [0.3, 0.4) is 0 Å². The van der Waals surface area contributed by atoms with Crippen LogP contribution >= 0.6 is 0 Å². The van der Waals surface area contributed by atoms with Crippen LogP contribution in [0.15, 0.2) is 24.3 Å². The van der Waals surface area contributed by atoms with Gasteiger partial charge in [0.1, 0.15) is 0 Å². The molecule has 1 saturated carbocycles. The van der Waals surface area contributed by atoms with Crippen LogP contribution in [0.4, 0.5) is 11.4 Å². The van der Waals surface area contributed by atoms with Crippen LogP contribution in [0.2, 0.25) is 0 Å². The standard InChI is InChI=1S/C16H23N3O2/c1-17-11-15(20)18-13-8-5-9-14(10-13)19-16(21)12-6-3-2-4-7-12/h5,8-10,12,17H,2-4,6-7,11H2,1H3,(H,18,20)(H,19,21). The lowest BCUT2D eigenvalue weighted by molar-refractivity contribution is -0.120. The quantitative estimate of drug-likeness (QED) is 0.779. The average molecular weight is 289 g/mol. The van der Waals surface area contributed by atoms with E-state index in [-0.39, 0.29) is 24.3 Å². The highest BCUT2D eigenvalue weighted by Crippen LogP contribution is 2.25. The Morgan fingerprint density at radius 3 is 2.43 bits per heavy atom. The Morgan fingerprint density at radius 1 is 1.10 bits per heavy atom. The molecular weight excluding hydrogens is 266 g/mol. The van der Waals surface area contributed by atoms with Gasteiger partial charge in [0, 0.05) is 17.3 Å². The molecule has 0 spiro atoms. The fraction of sp³-hybridized carbons (Fsp3) is 0.500. The van der Waals surface area contributed by atoms with E-state index in [4.69, 9.17) is 0 Å².